The van der Waals surface area contributed by atoms with Crippen molar-refractivity contribution in [3.05, 3.63) is 106 Å². The molecule has 0 radical (unpaired) electrons. The summed E-state index contributed by atoms with van der Waals surface area (Å²) in [4.78, 5) is 0. The Hall–Kier alpha value is -3.68. The highest BCUT2D eigenvalue weighted by atomic mass is 79.9. The van der Waals surface area contributed by atoms with E-state index >= 15 is 0 Å². The molecule has 0 spiro atoms. The van der Waals surface area contributed by atoms with E-state index in [4.69, 9.17) is 0 Å². The lowest BCUT2D eigenvalue weighted by Gasteiger charge is -2.20. The van der Waals surface area contributed by atoms with E-state index in [9.17, 15) is 0 Å². The van der Waals surface area contributed by atoms with Crippen LogP contribution in [-0.2, 0) is 10.8 Å². The minimum atomic E-state index is 0.0861. The minimum Gasteiger partial charge on any atom is -0.0610 e. The van der Waals surface area contributed by atoms with Gasteiger partial charge in [0.15, 0.2) is 0 Å². The van der Waals surface area contributed by atoms with Crippen LogP contribution in [0.2, 0.25) is 0 Å². The summed E-state index contributed by atoms with van der Waals surface area (Å²) in [6.07, 6.45) is 0. The molecule has 0 aliphatic rings. The third-order valence-electron chi connectivity index (χ3n) is 9.56. The zero-order chi connectivity index (χ0) is 29.3. The molecule has 0 saturated heterocycles. The van der Waals surface area contributed by atoms with E-state index in [2.05, 4.69) is 149 Å². The molecule has 0 aromatic heterocycles. The van der Waals surface area contributed by atoms with Crippen molar-refractivity contribution in [1.29, 1.82) is 0 Å². The van der Waals surface area contributed by atoms with Gasteiger partial charge in [0.2, 0.25) is 0 Å². The quantitative estimate of drug-likeness (QED) is 0.174. The Labute approximate surface area is 256 Å². The van der Waals surface area contributed by atoms with Crippen molar-refractivity contribution < 1.29 is 0 Å². The van der Waals surface area contributed by atoms with Crippen LogP contribution in [0, 0.1) is 6.92 Å². The van der Waals surface area contributed by atoms with Gasteiger partial charge in [0.05, 0.1) is 0 Å². The van der Waals surface area contributed by atoms with Crippen LogP contribution in [0.1, 0.15) is 58.2 Å². The first kappa shape index (κ1) is 26.0. The monoisotopic (exact) mass is 606 g/mol. The highest BCUT2D eigenvalue weighted by Gasteiger charge is 2.26. The second-order valence-corrected chi connectivity index (χ2v) is 15.3. The molecule has 0 nitrogen and oxygen atoms in total. The van der Waals surface area contributed by atoms with Crippen LogP contribution in [0.15, 0.2) is 89.4 Å². The zero-order valence-corrected chi connectivity index (χ0v) is 27.0. The largest absolute Gasteiger partial charge is 0.0610 e. The molecule has 0 N–H and O–H groups in total. The smallest absolute Gasteiger partial charge is 0.0254 e. The molecule has 8 aromatic rings. The van der Waals surface area contributed by atoms with E-state index in [0.717, 1.165) is 4.47 Å². The third kappa shape index (κ3) is 3.47. The molecule has 8 aromatic carbocycles. The van der Waals surface area contributed by atoms with Crippen LogP contribution >= 0.6 is 15.9 Å². The van der Waals surface area contributed by atoms with Gasteiger partial charge in [-0.2, -0.15) is 0 Å². The SMILES string of the molecule is Cc1cc2c(-c3ccc(C(C)(C)C)cc3)c3c4cccc5c(Br)ccc(c54)c3c3c4ccc(C(C)(C)C)cc4c(c1)c23. The fraction of sp³-hybridized carbons (Fsp3) is 0.220. The number of hydrogen-bond donors (Lipinski definition) is 0. The van der Waals surface area contributed by atoms with Gasteiger partial charge in [0.25, 0.3) is 0 Å². The molecule has 0 saturated carbocycles. The Balaban J connectivity index is 1.68. The molecule has 0 aliphatic heterocycles. The normalized spacial score (nSPS) is 13.2. The van der Waals surface area contributed by atoms with Crippen molar-refractivity contribution in [2.24, 2.45) is 0 Å². The highest BCUT2D eigenvalue weighted by molar-refractivity contribution is 9.10. The number of fused-ring (bicyclic) bond motifs is 7. The van der Waals surface area contributed by atoms with Crippen LogP contribution in [0.4, 0.5) is 0 Å². The van der Waals surface area contributed by atoms with E-state index in [-0.39, 0.29) is 10.8 Å². The van der Waals surface area contributed by atoms with Crippen LogP contribution in [-0.4, -0.2) is 0 Å². The molecule has 0 amide bonds. The summed E-state index contributed by atoms with van der Waals surface area (Å²) in [5.41, 5.74) is 6.90. The molecule has 206 valence electrons. The Bertz CT molecular complexity index is 2360. The molecular weight excluding hydrogens is 572 g/mol. The lowest BCUT2D eigenvalue weighted by Crippen LogP contribution is -2.10. The Morgan fingerprint density at radius 2 is 1.05 bits per heavy atom. The van der Waals surface area contributed by atoms with Gasteiger partial charge in [0.1, 0.15) is 0 Å². The van der Waals surface area contributed by atoms with Gasteiger partial charge in [-0.3, -0.25) is 0 Å². The van der Waals surface area contributed by atoms with E-state index < -0.39 is 0 Å². The van der Waals surface area contributed by atoms with Gasteiger partial charge in [-0.15, -0.1) is 0 Å². The van der Waals surface area contributed by atoms with E-state index in [1.54, 1.807) is 0 Å². The van der Waals surface area contributed by atoms with Crippen molar-refractivity contribution >= 4 is 80.6 Å². The first-order chi connectivity index (χ1) is 19.9. The molecule has 8 rings (SSSR count). The maximum absolute atomic E-state index is 3.88. The van der Waals surface area contributed by atoms with Crippen molar-refractivity contribution in [3.8, 4) is 11.1 Å². The summed E-state index contributed by atoms with van der Waals surface area (Å²) in [7, 11) is 0. The van der Waals surface area contributed by atoms with Crippen LogP contribution in [0.3, 0.4) is 0 Å². The maximum Gasteiger partial charge on any atom is 0.0254 e. The van der Waals surface area contributed by atoms with Crippen molar-refractivity contribution in [2.45, 2.75) is 59.3 Å². The first-order valence-corrected chi connectivity index (χ1v) is 15.9. The minimum absolute atomic E-state index is 0.0861. The van der Waals surface area contributed by atoms with Crippen LogP contribution < -0.4 is 0 Å². The van der Waals surface area contributed by atoms with E-state index in [0.29, 0.717) is 0 Å². The number of hydrogen-bond acceptors (Lipinski definition) is 0. The molecule has 42 heavy (non-hydrogen) atoms. The Morgan fingerprint density at radius 1 is 0.452 bits per heavy atom. The lowest BCUT2D eigenvalue weighted by molar-refractivity contribution is 0.590. The molecule has 0 heterocycles. The second-order valence-electron chi connectivity index (χ2n) is 14.4. The number of halogens is 1. The van der Waals surface area contributed by atoms with Crippen molar-refractivity contribution in [3.63, 3.8) is 0 Å². The van der Waals surface area contributed by atoms with E-state index in [1.807, 2.05) is 0 Å². The second kappa shape index (κ2) is 8.45. The van der Waals surface area contributed by atoms with Crippen molar-refractivity contribution in [1.82, 2.24) is 0 Å². The van der Waals surface area contributed by atoms with Gasteiger partial charge >= 0.3 is 0 Å². The number of rotatable bonds is 1. The third-order valence-corrected chi connectivity index (χ3v) is 10.3. The molecule has 0 bridgehead atoms. The van der Waals surface area contributed by atoms with Gasteiger partial charge in [0, 0.05) is 4.47 Å². The lowest BCUT2D eigenvalue weighted by atomic mass is 9.84. The topological polar surface area (TPSA) is 0 Å². The molecule has 0 fully saturated rings. The summed E-state index contributed by atoms with van der Waals surface area (Å²) in [6.45, 7) is 16.1. The zero-order valence-electron chi connectivity index (χ0n) is 25.5. The summed E-state index contributed by atoms with van der Waals surface area (Å²) < 4.78 is 1.15. The molecule has 0 atom stereocenters. The Morgan fingerprint density at radius 3 is 1.76 bits per heavy atom. The molecule has 0 aliphatic carbocycles. The fourth-order valence-electron chi connectivity index (χ4n) is 7.46. The van der Waals surface area contributed by atoms with E-state index in [1.165, 1.54) is 92.5 Å². The number of benzene rings is 6. The predicted molar refractivity (Wildman–Crippen MR) is 189 cm³/mol. The highest BCUT2D eigenvalue weighted by Crippen LogP contribution is 2.54. The molecular formula is C41H35Br. The first-order valence-electron chi connectivity index (χ1n) is 15.1. The fourth-order valence-corrected chi connectivity index (χ4v) is 7.92. The summed E-state index contributed by atoms with van der Waals surface area (Å²) in [5.74, 6) is 0. The average molecular weight is 608 g/mol. The standard InChI is InChI=1S/C41H35Br/c1-22-19-31-30-21-25(41(5,6)7)15-16-26(30)37-36(31)32(20-22)34(23-11-13-24(14-12-23)40(2,3)4)38-28-10-8-9-27-33(42)18-17-29(35(27)28)39(37)38/h8-21H,1-7H3. The summed E-state index contributed by atoms with van der Waals surface area (Å²) in [5, 5.41) is 16.4. The summed E-state index contributed by atoms with van der Waals surface area (Å²) >= 11 is 3.88. The predicted octanol–water partition coefficient (Wildman–Crippen LogP) is 12.8. The van der Waals surface area contributed by atoms with Crippen LogP contribution in [0.25, 0.3) is 75.8 Å². The van der Waals surface area contributed by atoms with Gasteiger partial charge in [-0.1, -0.05) is 130 Å². The Kier molecular flexibility index (Phi) is 5.23. The maximum atomic E-state index is 3.88. The van der Waals surface area contributed by atoms with Gasteiger partial charge in [-0.05, 0) is 122 Å². The molecule has 0 unspecified atom stereocenters. The van der Waals surface area contributed by atoms with Gasteiger partial charge in [-0.25, -0.2) is 0 Å². The van der Waals surface area contributed by atoms with Gasteiger partial charge < -0.3 is 0 Å². The van der Waals surface area contributed by atoms with Crippen molar-refractivity contribution in [2.75, 3.05) is 0 Å². The summed E-state index contributed by atoms with van der Waals surface area (Å²) in [6, 6.07) is 32.9. The van der Waals surface area contributed by atoms with Crippen LogP contribution in [0.5, 0.6) is 0 Å². The average Bonchev–Trinajstić information content (AvgIpc) is 3.44. The molecule has 1 heteroatoms. The number of aryl methyl sites for hydroxylation is 1.